The van der Waals surface area contributed by atoms with Crippen molar-refractivity contribution in [1.82, 2.24) is 15.1 Å². The summed E-state index contributed by atoms with van der Waals surface area (Å²) < 4.78 is 13.0. The minimum absolute atomic E-state index is 0.210. The van der Waals surface area contributed by atoms with Gasteiger partial charge in [0, 0.05) is 43.1 Å². The van der Waals surface area contributed by atoms with Crippen molar-refractivity contribution in [1.29, 1.82) is 0 Å². The Morgan fingerprint density at radius 3 is 2.57 bits per heavy atom. The van der Waals surface area contributed by atoms with Gasteiger partial charge < -0.3 is 15.5 Å². The van der Waals surface area contributed by atoms with Crippen molar-refractivity contribution in [2.45, 2.75) is 13.5 Å². The second-order valence-electron chi connectivity index (χ2n) is 5.65. The van der Waals surface area contributed by atoms with Crippen LogP contribution in [0.15, 0.2) is 35.5 Å². The third kappa shape index (κ3) is 3.61. The second kappa shape index (κ2) is 6.68. The first kappa shape index (κ1) is 15.3. The third-order valence-electron chi connectivity index (χ3n) is 4.14. The maximum atomic E-state index is 13.0. The highest BCUT2D eigenvalue weighted by atomic mass is 19.1. The van der Waals surface area contributed by atoms with Crippen molar-refractivity contribution in [3.63, 3.8) is 0 Å². The van der Waals surface area contributed by atoms with Crippen LogP contribution < -0.4 is 10.6 Å². The van der Waals surface area contributed by atoms with Crippen LogP contribution in [0.1, 0.15) is 11.3 Å². The number of aryl methyl sites for hydroxylation is 1. The Balaban J connectivity index is 1.55. The number of hydrogen-bond acceptors (Lipinski definition) is 3. The van der Waals surface area contributed by atoms with E-state index >= 15 is 0 Å². The summed E-state index contributed by atoms with van der Waals surface area (Å²) in [6, 6.07) is 6.60. The Hall–Kier alpha value is -2.57. The molecule has 122 valence electrons. The molecular weight excluding hydrogens is 295 g/mol. The zero-order valence-corrected chi connectivity index (χ0v) is 13.2. The lowest BCUT2D eigenvalue weighted by molar-refractivity contribution is 0.380. The maximum Gasteiger partial charge on any atom is 0.191 e. The van der Waals surface area contributed by atoms with E-state index in [4.69, 9.17) is 5.73 Å². The smallest absolute Gasteiger partial charge is 0.191 e. The number of rotatable bonds is 3. The van der Waals surface area contributed by atoms with Crippen LogP contribution in [0.25, 0.3) is 0 Å². The number of aliphatic imine (C=N–C) groups is 1. The fourth-order valence-electron chi connectivity index (χ4n) is 2.65. The molecular formula is C16H21FN6. The van der Waals surface area contributed by atoms with Crippen molar-refractivity contribution in [2.75, 3.05) is 31.1 Å². The highest BCUT2D eigenvalue weighted by Gasteiger charge is 2.18. The first-order valence-corrected chi connectivity index (χ1v) is 7.68. The minimum atomic E-state index is -0.210. The molecule has 0 unspecified atom stereocenters. The highest BCUT2D eigenvalue weighted by molar-refractivity contribution is 5.78. The van der Waals surface area contributed by atoms with Gasteiger partial charge in [-0.2, -0.15) is 5.10 Å². The SMILES string of the molecule is Cc1[nH]ncc1CN=C(N)N1CCN(c2ccc(F)cc2)CC1. The van der Waals surface area contributed by atoms with Crippen LogP contribution >= 0.6 is 0 Å². The predicted molar refractivity (Wildman–Crippen MR) is 88.8 cm³/mol. The molecule has 0 radical (unpaired) electrons. The molecule has 2 aromatic rings. The van der Waals surface area contributed by atoms with E-state index in [1.54, 1.807) is 6.20 Å². The molecule has 0 spiro atoms. The van der Waals surface area contributed by atoms with Gasteiger partial charge in [0.2, 0.25) is 0 Å². The van der Waals surface area contributed by atoms with Gasteiger partial charge >= 0.3 is 0 Å². The zero-order chi connectivity index (χ0) is 16.2. The molecule has 3 rings (SSSR count). The van der Waals surface area contributed by atoms with E-state index < -0.39 is 0 Å². The number of nitrogens with one attached hydrogen (secondary N) is 1. The van der Waals surface area contributed by atoms with Gasteiger partial charge in [-0.15, -0.1) is 0 Å². The highest BCUT2D eigenvalue weighted by Crippen LogP contribution is 2.16. The molecule has 1 fully saturated rings. The van der Waals surface area contributed by atoms with Gasteiger partial charge in [-0.05, 0) is 31.2 Å². The van der Waals surface area contributed by atoms with Crippen LogP contribution in [-0.2, 0) is 6.54 Å². The molecule has 2 heterocycles. The quantitative estimate of drug-likeness (QED) is 0.665. The number of guanidine groups is 1. The first-order valence-electron chi connectivity index (χ1n) is 7.68. The van der Waals surface area contributed by atoms with Crippen LogP contribution in [0, 0.1) is 12.7 Å². The predicted octanol–water partition coefficient (Wildman–Crippen LogP) is 1.49. The molecule has 0 aliphatic carbocycles. The molecule has 0 amide bonds. The van der Waals surface area contributed by atoms with Gasteiger partial charge in [-0.1, -0.05) is 0 Å². The summed E-state index contributed by atoms with van der Waals surface area (Å²) >= 11 is 0. The summed E-state index contributed by atoms with van der Waals surface area (Å²) in [6.07, 6.45) is 1.78. The van der Waals surface area contributed by atoms with Crippen molar-refractivity contribution in [2.24, 2.45) is 10.7 Å². The van der Waals surface area contributed by atoms with Gasteiger partial charge in [-0.25, -0.2) is 9.38 Å². The largest absolute Gasteiger partial charge is 0.370 e. The minimum Gasteiger partial charge on any atom is -0.370 e. The fourth-order valence-corrected chi connectivity index (χ4v) is 2.65. The number of aromatic amines is 1. The number of nitrogens with two attached hydrogens (primary N) is 1. The van der Waals surface area contributed by atoms with E-state index in [9.17, 15) is 4.39 Å². The second-order valence-corrected chi connectivity index (χ2v) is 5.65. The standard InChI is InChI=1S/C16H21FN6/c1-12-13(11-20-21-12)10-19-16(18)23-8-6-22(7-9-23)15-4-2-14(17)3-5-15/h2-5,11H,6-10H2,1H3,(H2,18,19)(H,20,21). The molecule has 0 bridgehead atoms. The Labute approximate surface area is 134 Å². The van der Waals surface area contributed by atoms with Crippen molar-refractivity contribution in [3.05, 3.63) is 47.5 Å². The monoisotopic (exact) mass is 316 g/mol. The number of halogens is 1. The summed E-state index contributed by atoms with van der Waals surface area (Å²) in [5.41, 5.74) is 9.20. The molecule has 1 aliphatic rings. The van der Waals surface area contributed by atoms with E-state index in [0.717, 1.165) is 43.1 Å². The number of H-pyrrole nitrogens is 1. The topological polar surface area (TPSA) is 73.5 Å². The lowest BCUT2D eigenvalue weighted by atomic mass is 10.2. The van der Waals surface area contributed by atoms with Crippen LogP contribution in [-0.4, -0.2) is 47.2 Å². The van der Waals surface area contributed by atoms with Crippen molar-refractivity contribution < 1.29 is 4.39 Å². The maximum absolute atomic E-state index is 13.0. The van der Waals surface area contributed by atoms with Gasteiger partial charge in [-0.3, -0.25) is 5.10 Å². The Bertz CT molecular complexity index is 670. The molecule has 1 aliphatic heterocycles. The number of nitrogens with zero attached hydrogens (tertiary/aromatic N) is 4. The Morgan fingerprint density at radius 1 is 1.26 bits per heavy atom. The van der Waals surface area contributed by atoms with Crippen LogP contribution in [0.4, 0.5) is 10.1 Å². The summed E-state index contributed by atoms with van der Waals surface area (Å²) in [5.74, 6) is 0.350. The van der Waals surface area contributed by atoms with Gasteiger partial charge in [0.15, 0.2) is 5.96 Å². The molecule has 1 saturated heterocycles. The van der Waals surface area contributed by atoms with Crippen LogP contribution in [0.2, 0.25) is 0 Å². The van der Waals surface area contributed by atoms with E-state index in [0.29, 0.717) is 12.5 Å². The molecule has 7 heteroatoms. The summed E-state index contributed by atoms with van der Waals surface area (Å²) in [6.45, 7) is 5.79. The number of anilines is 1. The Morgan fingerprint density at radius 2 is 1.96 bits per heavy atom. The lowest BCUT2D eigenvalue weighted by Gasteiger charge is -2.36. The molecule has 23 heavy (non-hydrogen) atoms. The van der Waals surface area contributed by atoms with E-state index in [-0.39, 0.29) is 5.82 Å². The van der Waals surface area contributed by atoms with Gasteiger partial charge in [0.05, 0.1) is 12.7 Å². The van der Waals surface area contributed by atoms with E-state index in [1.165, 1.54) is 12.1 Å². The molecule has 3 N–H and O–H groups in total. The summed E-state index contributed by atoms with van der Waals surface area (Å²) in [4.78, 5) is 8.76. The zero-order valence-electron chi connectivity index (χ0n) is 13.2. The normalized spacial score (nSPS) is 16.0. The number of aromatic nitrogens is 2. The lowest BCUT2D eigenvalue weighted by Crippen LogP contribution is -2.51. The molecule has 6 nitrogen and oxygen atoms in total. The van der Waals surface area contributed by atoms with Crippen molar-refractivity contribution >= 4 is 11.6 Å². The molecule has 0 atom stereocenters. The number of hydrogen-bond donors (Lipinski definition) is 2. The summed E-state index contributed by atoms with van der Waals surface area (Å²) in [7, 11) is 0. The number of piperazine rings is 1. The van der Waals surface area contributed by atoms with Crippen LogP contribution in [0.5, 0.6) is 0 Å². The van der Waals surface area contributed by atoms with Gasteiger partial charge in [0.25, 0.3) is 0 Å². The van der Waals surface area contributed by atoms with Crippen LogP contribution in [0.3, 0.4) is 0 Å². The third-order valence-corrected chi connectivity index (χ3v) is 4.14. The van der Waals surface area contributed by atoms with E-state index in [2.05, 4.69) is 25.0 Å². The van der Waals surface area contributed by atoms with Crippen molar-refractivity contribution in [3.8, 4) is 0 Å². The average molecular weight is 316 g/mol. The first-order chi connectivity index (χ1) is 11.1. The van der Waals surface area contributed by atoms with E-state index in [1.807, 2.05) is 19.1 Å². The molecule has 0 saturated carbocycles. The molecule has 1 aromatic carbocycles. The number of benzene rings is 1. The van der Waals surface area contributed by atoms with Gasteiger partial charge in [0.1, 0.15) is 5.82 Å². The fraction of sp³-hybridized carbons (Fsp3) is 0.375. The average Bonchev–Trinajstić information content (AvgIpc) is 2.99. The Kier molecular flexibility index (Phi) is 4.45. The molecule has 1 aromatic heterocycles. The summed E-state index contributed by atoms with van der Waals surface area (Å²) in [5, 5.41) is 6.87.